The van der Waals surface area contributed by atoms with E-state index < -0.39 is 0 Å². The van der Waals surface area contributed by atoms with E-state index in [1.807, 2.05) is 13.1 Å². The van der Waals surface area contributed by atoms with Crippen LogP contribution in [0.4, 0.5) is 11.4 Å². The Hall–Kier alpha value is -1.55. The number of nitrogens with zero attached hydrogens (tertiary/aromatic N) is 2. The van der Waals surface area contributed by atoms with E-state index >= 15 is 0 Å². The molecule has 15 heavy (non-hydrogen) atoms. The summed E-state index contributed by atoms with van der Waals surface area (Å²) in [6, 6.07) is 4.06. The van der Waals surface area contributed by atoms with E-state index in [0.29, 0.717) is 0 Å². The molecule has 0 bridgehead atoms. The molecule has 2 aromatic heterocycles. The zero-order valence-electron chi connectivity index (χ0n) is 8.55. The van der Waals surface area contributed by atoms with Crippen molar-refractivity contribution in [2.24, 2.45) is 0 Å². The lowest BCUT2D eigenvalue weighted by Gasteiger charge is -2.19. The molecule has 0 aliphatic rings. The molecule has 0 fully saturated rings. The summed E-state index contributed by atoms with van der Waals surface area (Å²) in [5, 5.41) is 4.23. The minimum Gasteiger partial charge on any atom is -0.396 e. The minimum absolute atomic E-state index is 0.718. The molecule has 0 saturated carbocycles. The summed E-state index contributed by atoms with van der Waals surface area (Å²) in [5.74, 6) is 0. The van der Waals surface area contributed by atoms with Crippen molar-refractivity contribution in [2.75, 3.05) is 17.7 Å². The van der Waals surface area contributed by atoms with Crippen LogP contribution in [0.15, 0.2) is 35.3 Å². The number of thiophene rings is 1. The Balaban J connectivity index is 2.15. The van der Waals surface area contributed by atoms with Gasteiger partial charge in [-0.05, 0) is 28.5 Å². The van der Waals surface area contributed by atoms with Gasteiger partial charge < -0.3 is 10.6 Å². The lowest BCUT2D eigenvalue weighted by Crippen LogP contribution is -2.17. The fraction of sp³-hybridized carbons (Fsp3) is 0.182. The van der Waals surface area contributed by atoms with E-state index in [1.54, 1.807) is 23.7 Å². The zero-order chi connectivity index (χ0) is 10.7. The molecule has 4 heteroatoms. The summed E-state index contributed by atoms with van der Waals surface area (Å²) in [5.41, 5.74) is 8.90. The second-order valence-electron chi connectivity index (χ2n) is 3.42. The number of hydrogen-bond acceptors (Lipinski definition) is 4. The van der Waals surface area contributed by atoms with Gasteiger partial charge in [-0.15, -0.1) is 0 Å². The van der Waals surface area contributed by atoms with E-state index in [-0.39, 0.29) is 0 Å². The lowest BCUT2D eigenvalue weighted by atomic mass is 10.2. The monoisotopic (exact) mass is 219 g/mol. The molecule has 2 aromatic rings. The average molecular weight is 219 g/mol. The van der Waals surface area contributed by atoms with E-state index in [9.17, 15) is 0 Å². The van der Waals surface area contributed by atoms with E-state index in [2.05, 4.69) is 26.7 Å². The number of aromatic nitrogens is 1. The Morgan fingerprint density at radius 3 is 3.00 bits per heavy atom. The molecule has 0 unspecified atom stereocenters. The summed E-state index contributed by atoms with van der Waals surface area (Å²) in [4.78, 5) is 6.10. The summed E-state index contributed by atoms with van der Waals surface area (Å²) in [6.45, 7) is 0.873. The van der Waals surface area contributed by atoms with Gasteiger partial charge in [0.1, 0.15) is 0 Å². The summed E-state index contributed by atoms with van der Waals surface area (Å²) in [7, 11) is 2.03. The summed E-state index contributed by atoms with van der Waals surface area (Å²) in [6.07, 6.45) is 3.44. The second kappa shape index (κ2) is 4.31. The van der Waals surface area contributed by atoms with Crippen molar-refractivity contribution in [3.05, 3.63) is 40.8 Å². The first-order valence-electron chi connectivity index (χ1n) is 4.69. The number of pyridine rings is 1. The molecule has 0 atom stereocenters. The number of rotatable bonds is 3. The molecule has 0 aromatic carbocycles. The predicted octanol–water partition coefficient (Wildman–Crippen LogP) is 2.36. The van der Waals surface area contributed by atoms with Gasteiger partial charge >= 0.3 is 0 Å². The van der Waals surface area contributed by atoms with E-state index in [4.69, 9.17) is 5.73 Å². The molecule has 0 spiro atoms. The average Bonchev–Trinajstić information content (AvgIpc) is 2.71. The molecule has 0 amide bonds. The fourth-order valence-corrected chi connectivity index (χ4v) is 2.15. The number of hydrogen-bond donors (Lipinski definition) is 1. The third-order valence-corrected chi connectivity index (χ3v) is 2.97. The molecule has 78 valence electrons. The van der Waals surface area contributed by atoms with Gasteiger partial charge in [0, 0.05) is 19.8 Å². The Labute approximate surface area is 93.2 Å². The minimum atomic E-state index is 0.718. The van der Waals surface area contributed by atoms with Gasteiger partial charge in [-0.3, -0.25) is 4.98 Å². The molecule has 0 aliphatic carbocycles. The van der Waals surface area contributed by atoms with Crippen LogP contribution in [-0.4, -0.2) is 12.0 Å². The summed E-state index contributed by atoms with van der Waals surface area (Å²) >= 11 is 1.71. The number of nitrogen functional groups attached to an aromatic ring is 1. The van der Waals surface area contributed by atoms with Gasteiger partial charge in [0.25, 0.3) is 0 Å². The van der Waals surface area contributed by atoms with Gasteiger partial charge in [0.15, 0.2) is 0 Å². The van der Waals surface area contributed by atoms with Crippen molar-refractivity contribution in [3.8, 4) is 0 Å². The third kappa shape index (κ3) is 2.27. The smallest absolute Gasteiger partial charge is 0.0738 e. The van der Waals surface area contributed by atoms with Gasteiger partial charge in [-0.25, -0.2) is 0 Å². The van der Waals surface area contributed by atoms with E-state index in [0.717, 1.165) is 17.9 Å². The van der Waals surface area contributed by atoms with Crippen LogP contribution in [0.2, 0.25) is 0 Å². The molecule has 0 aliphatic heterocycles. The van der Waals surface area contributed by atoms with Gasteiger partial charge in [0.2, 0.25) is 0 Å². The fourth-order valence-electron chi connectivity index (χ4n) is 1.49. The Bertz CT molecular complexity index is 425. The zero-order valence-corrected chi connectivity index (χ0v) is 9.37. The van der Waals surface area contributed by atoms with Gasteiger partial charge in [-0.1, -0.05) is 0 Å². The third-order valence-electron chi connectivity index (χ3n) is 2.24. The Morgan fingerprint density at radius 1 is 1.47 bits per heavy atom. The van der Waals surface area contributed by atoms with E-state index in [1.165, 1.54) is 5.56 Å². The van der Waals surface area contributed by atoms with Crippen LogP contribution in [0, 0.1) is 0 Å². The maximum Gasteiger partial charge on any atom is 0.0738 e. The summed E-state index contributed by atoms with van der Waals surface area (Å²) < 4.78 is 0. The maximum atomic E-state index is 5.85. The van der Waals surface area contributed by atoms with Crippen molar-refractivity contribution in [3.63, 3.8) is 0 Å². The van der Waals surface area contributed by atoms with Gasteiger partial charge in [-0.2, -0.15) is 11.3 Å². The lowest BCUT2D eigenvalue weighted by molar-refractivity contribution is 0.927. The quantitative estimate of drug-likeness (QED) is 0.861. The highest BCUT2D eigenvalue weighted by molar-refractivity contribution is 7.07. The highest BCUT2D eigenvalue weighted by Gasteiger charge is 2.05. The van der Waals surface area contributed by atoms with Gasteiger partial charge in [0.05, 0.1) is 17.6 Å². The van der Waals surface area contributed by atoms with Crippen LogP contribution in [0.3, 0.4) is 0 Å². The highest BCUT2D eigenvalue weighted by atomic mass is 32.1. The van der Waals surface area contributed by atoms with Crippen LogP contribution < -0.4 is 10.6 Å². The highest BCUT2D eigenvalue weighted by Crippen LogP contribution is 2.22. The normalized spacial score (nSPS) is 10.2. The standard InChI is InChI=1S/C11H13N3S/c1-14(7-9-3-5-15-8-9)11-2-4-13-6-10(11)12/h2-6,8H,7,12H2,1H3. The van der Waals surface area contributed by atoms with Crippen molar-refractivity contribution in [1.82, 2.24) is 4.98 Å². The largest absolute Gasteiger partial charge is 0.396 e. The topological polar surface area (TPSA) is 42.2 Å². The van der Waals surface area contributed by atoms with Crippen LogP contribution in [0.1, 0.15) is 5.56 Å². The first kappa shape index (κ1) is 9.98. The second-order valence-corrected chi connectivity index (χ2v) is 4.20. The molecule has 2 heterocycles. The molecule has 0 radical (unpaired) electrons. The molecule has 0 saturated heterocycles. The molecule has 2 N–H and O–H groups in total. The SMILES string of the molecule is CN(Cc1ccsc1)c1ccncc1N. The van der Waals surface area contributed by atoms with Crippen LogP contribution in [0.25, 0.3) is 0 Å². The van der Waals surface area contributed by atoms with Crippen LogP contribution in [0.5, 0.6) is 0 Å². The van der Waals surface area contributed by atoms with Crippen molar-refractivity contribution < 1.29 is 0 Å². The van der Waals surface area contributed by atoms with Crippen LogP contribution >= 0.6 is 11.3 Å². The van der Waals surface area contributed by atoms with Crippen molar-refractivity contribution in [1.29, 1.82) is 0 Å². The molecule has 2 rings (SSSR count). The molecular formula is C11H13N3S. The first-order chi connectivity index (χ1) is 7.27. The van der Waals surface area contributed by atoms with Crippen molar-refractivity contribution in [2.45, 2.75) is 6.54 Å². The first-order valence-corrected chi connectivity index (χ1v) is 5.63. The predicted molar refractivity (Wildman–Crippen MR) is 65.1 cm³/mol. The van der Waals surface area contributed by atoms with Crippen LogP contribution in [-0.2, 0) is 6.54 Å². The Morgan fingerprint density at radius 2 is 2.33 bits per heavy atom. The number of anilines is 2. The Kier molecular flexibility index (Phi) is 2.87. The molecule has 3 nitrogen and oxygen atoms in total. The number of nitrogens with two attached hydrogens (primary N) is 1. The van der Waals surface area contributed by atoms with Crippen molar-refractivity contribution >= 4 is 22.7 Å². The molecular weight excluding hydrogens is 206 g/mol. The maximum absolute atomic E-state index is 5.85.